The van der Waals surface area contributed by atoms with Crippen molar-refractivity contribution in [2.24, 2.45) is 0 Å². The third-order valence-corrected chi connectivity index (χ3v) is 5.52. The molecule has 2 aromatic heterocycles. The molecule has 6 nitrogen and oxygen atoms in total. The topological polar surface area (TPSA) is 76.9 Å². The molecule has 146 valence electrons. The molecular formula is C22H20N4O2S. The minimum atomic E-state index is -0.384. The molecule has 2 heterocycles. The summed E-state index contributed by atoms with van der Waals surface area (Å²) in [4.78, 5) is 29.9. The summed E-state index contributed by atoms with van der Waals surface area (Å²) in [5.41, 5.74) is 3.09. The lowest BCUT2D eigenvalue weighted by Crippen LogP contribution is -2.27. The highest BCUT2D eigenvalue weighted by atomic mass is 32.1. The van der Waals surface area contributed by atoms with Gasteiger partial charge in [0.1, 0.15) is 0 Å². The smallest absolute Gasteiger partial charge is 0.278 e. The highest BCUT2D eigenvalue weighted by Crippen LogP contribution is 2.26. The van der Waals surface area contributed by atoms with E-state index in [-0.39, 0.29) is 17.2 Å². The molecule has 4 aromatic rings. The van der Waals surface area contributed by atoms with Gasteiger partial charge in [-0.1, -0.05) is 49.4 Å². The molecule has 0 fully saturated rings. The summed E-state index contributed by atoms with van der Waals surface area (Å²) in [6.45, 7) is 4.33. The molecule has 0 unspecified atom stereocenters. The zero-order chi connectivity index (χ0) is 20.4. The van der Waals surface area contributed by atoms with Crippen LogP contribution in [0, 0.1) is 0 Å². The molecule has 1 amide bonds. The quantitative estimate of drug-likeness (QED) is 0.536. The number of hydrogen-bond acceptors (Lipinski definition) is 5. The molecule has 1 N–H and O–H groups in total. The third kappa shape index (κ3) is 3.69. The molecule has 0 aliphatic carbocycles. The van der Waals surface area contributed by atoms with Crippen LogP contribution >= 0.6 is 11.3 Å². The molecule has 0 saturated heterocycles. The number of fused-ring (bicyclic) bond motifs is 1. The maximum Gasteiger partial charge on any atom is 0.278 e. The minimum absolute atomic E-state index is 0.202. The van der Waals surface area contributed by atoms with Gasteiger partial charge < -0.3 is 0 Å². The van der Waals surface area contributed by atoms with Gasteiger partial charge in [0.25, 0.3) is 11.5 Å². The van der Waals surface area contributed by atoms with Crippen LogP contribution in [-0.4, -0.2) is 20.7 Å². The molecule has 0 spiro atoms. The first-order valence-electron chi connectivity index (χ1n) is 9.46. The van der Waals surface area contributed by atoms with Gasteiger partial charge in [-0.05, 0) is 25.0 Å². The van der Waals surface area contributed by atoms with E-state index in [2.05, 4.69) is 34.5 Å². The van der Waals surface area contributed by atoms with Gasteiger partial charge in [-0.15, -0.1) is 11.3 Å². The van der Waals surface area contributed by atoms with Crippen LogP contribution < -0.4 is 10.9 Å². The lowest BCUT2D eigenvalue weighted by molar-refractivity contribution is 0.102. The molecule has 0 aliphatic heterocycles. The zero-order valence-corrected chi connectivity index (χ0v) is 17.0. The second-order valence-corrected chi connectivity index (χ2v) is 7.42. The van der Waals surface area contributed by atoms with Crippen molar-refractivity contribution in [1.29, 1.82) is 0 Å². The fourth-order valence-corrected chi connectivity index (χ4v) is 3.86. The number of rotatable bonds is 5. The first-order valence-corrected chi connectivity index (χ1v) is 10.3. The fraction of sp³-hybridized carbons (Fsp3) is 0.182. The number of benzene rings is 2. The van der Waals surface area contributed by atoms with Gasteiger partial charge >= 0.3 is 0 Å². The van der Waals surface area contributed by atoms with Gasteiger partial charge in [-0.3, -0.25) is 14.9 Å². The van der Waals surface area contributed by atoms with Crippen LogP contribution in [0.5, 0.6) is 0 Å². The maximum absolute atomic E-state index is 12.9. The second-order valence-electron chi connectivity index (χ2n) is 6.56. The van der Waals surface area contributed by atoms with E-state index in [0.717, 1.165) is 17.7 Å². The predicted octanol–water partition coefficient (Wildman–Crippen LogP) is 4.35. The number of amides is 1. The summed E-state index contributed by atoms with van der Waals surface area (Å²) in [5, 5.41) is 10.5. The van der Waals surface area contributed by atoms with Gasteiger partial charge in [0.15, 0.2) is 10.8 Å². The molecule has 0 atom stereocenters. The lowest BCUT2D eigenvalue weighted by Gasteiger charge is -2.09. The van der Waals surface area contributed by atoms with Crippen molar-refractivity contribution in [3.8, 4) is 11.3 Å². The first-order chi connectivity index (χ1) is 14.1. The Morgan fingerprint density at radius 3 is 2.48 bits per heavy atom. The molecule has 2 aromatic carbocycles. The molecule has 0 saturated carbocycles. The molecule has 0 aliphatic rings. The Bertz CT molecular complexity index is 1240. The number of hydrogen-bond donors (Lipinski definition) is 1. The van der Waals surface area contributed by atoms with Gasteiger partial charge in [-0.25, -0.2) is 9.67 Å². The largest absolute Gasteiger partial charge is 0.296 e. The Hall–Kier alpha value is -3.32. The normalized spacial score (nSPS) is 11.0. The second kappa shape index (κ2) is 7.97. The van der Waals surface area contributed by atoms with Gasteiger partial charge in [0, 0.05) is 22.9 Å². The van der Waals surface area contributed by atoms with E-state index < -0.39 is 0 Å². The average Bonchev–Trinajstić information content (AvgIpc) is 3.22. The van der Waals surface area contributed by atoms with Crippen molar-refractivity contribution in [2.75, 3.05) is 5.32 Å². The molecule has 0 radical (unpaired) electrons. The Morgan fingerprint density at radius 1 is 1.07 bits per heavy atom. The maximum atomic E-state index is 12.9. The molecule has 4 rings (SSSR count). The Morgan fingerprint density at radius 2 is 1.79 bits per heavy atom. The van der Waals surface area contributed by atoms with E-state index in [4.69, 9.17) is 0 Å². The van der Waals surface area contributed by atoms with Crippen LogP contribution in [0.3, 0.4) is 0 Å². The van der Waals surface area contributed by atoms with Crippen molar-refractivity contribution in [3.63, 3.8) is 0 Å². The van der Waals surface area contributed by atoms with E-state index in [1.807, 2.05) is 24.4 Å². The van der Waals surface area contributed by atoms with Crippen molar-refractivity contribution >= 4 is 33.1 Å². The first kappa shape index (κ1) is 19.0. The average molecular weight is 404 g/mol. The van der Waals surface area contributed by atoms with Crippen molar-refractivity contribution in [2.45, 2.75) is 26.8 Å². The number of aryl methyl sites for hydroxylation is 2. The van der Waals surface area contributed by atoms with Crippen LogP contribution in [0.25, 0.3) is 22.0 Å². The molecule has 0 bridgehead atoms. The van der Waals surface area contributed by atoms with Gasteiger partial charge in [-0.2, -0.15) is 5.10 Å². The summed E-state index contributed by atoms with van der Waals surface area (Å²) >= 11 is 1.36. The minimum Gasteiger partial charge on any atom is -0.296 e. The van der Waals surface area contributed by atoms with Crippen LogP contribution in [0.2, 0.25) is 0 Å². The number of thiazole rings is 1. The van der Waals surface area contributed by atoms with E-state index in [0.29, 0.717) is 22.4 Å². The number of carbonyl (C=O) groups excluding carboxylic acids is 1. The highest BCUT2D eigenvalue weighted by molar-refractivity contribution is 7.14. The van der Waals surface area contributed by atoms with E-state index >= 15 is 0 Å². The monoisotopic (exact) mass is 404 g/mol. The van der Waals surface area contributed by atoms with Gasteiger partial charge in [0.05, 0.1) is 11.1 Å². The van der Waals surface area contributed by atoms with Crippen molar-refractivity contribution in [3.05, 3.63) is 75.5 Å². The predicted molar refractivity (Wildman–Crippen MR) is 117 cm³/mol. The molecule has 7 heteroatoms. The SMILES string of the molecule is CCc1ccc(-c2csc(NC(=O)c3nn(CC)c(=O)c4ccccc34)n2)cc1. The zero-order valence-electron chi connectivity index (χ0n) is 16.2. The van der Waals surface area contributed by atoms with Crippen LogP contribution in [0.1, 0.15) is 29.9 Å². The Balaban J connectivity index is 1.64. The lowest BCUT2D eigenvalue weighted by atomic mass is 10.1. The van der Waals surface area contributed by atoms with E-state index in [1.165, 1.54) is 21.6 Å². The molecule has 29 heavy (non-hydrogen) atoms. The fourth-order valence-electron chi connectivity index (χ4n) is 3.15. The van der Waals surface area contributed by atoms with Gasteiger partial charge in [0.2, 0.25) is 0 Å². The standard InChI is InChI=1S/C22H20N4O2S/c1-3-14-9-11-15(12-10-14)18-13-29-22(23-18)24-20(27)19-16-7-5-6-8-17(16)21(28)26(4-2)25-19/h5-13H,3-4H2,1-2H3,(H,23,24,27). The highest BCUT2D eigenvalue weighted by Gasteiger charge is 2.17. The summed E-state index contributed by atoms with van der Waals surface area (Å²) in [6, 6.07) is 15.2. The number of carbonyl (C=O) groups is 1. The number of nitrogens with one attached hydrogen (secondary N) is 1. The van der Waals surface area contributed by atoms with Crippen LogP contribution in [0.15, 0.2) is 58.7 Å². The summed E-state index contributed by atoms with van der Waals surface area (Å²) in [5.74, 6) is -0.384. The van der Waals surface area contributed by atoms with Crippen molar-refractivity contribution < 1.29 is 4.79 Å². The third-order valence-electron chi connectivity index (χ3n) is 4.76. The van der Waals surface area contributed by atoms with Crippen molar-refractivity contribution in [1.82, 2.24) is 14.8 Å². The van der Waals surface area contributed by atoms with E-state index in [1.54, 1.807) is 24.3 Å². The summed E-state index contributed by atoms with van der Waals surface area (Å²) in [7, 11) is 0. The van der Waals surface area contributed by atoms with Crippen LogP contribution in [-0.2, 0) is 13.0 Å². The number of aromatic nitrogens is 3. The summed E-state index contributed by atoms with van der Waals surface area (Å²) in [6.07, 6.45) is 0.986. The summed E-state index contributed by atoms with van der Waals surface area (Å²) < 4.78 is 1.31. The number of anilines is 1. The Labute approximate surface area is 171 Å². The van der Waals surface area contributed by atoms with E-state index in [9.17, 15) is 9.59 Å². The Kier molecular flexibility index (Phi) is 5.22. The van der Waals surface area contributed by atoms with Crippen LogP contribution in [0.4, 0.5) is 5.13 Å². The molecular weight excluding hydrogens is 384 g/mol. The number of nitrogens with zero attached hydrogens (tertiary/aromatic N) is 3.